The molecular weight excluding hydrogens is 436 g/mol. The molecule has 0 atom stereocenters. The molecule has 5 aromatic rings. The fraction of sp³-hybridized carbons (Fsp3) is 0.0400. The van der Waals surface area contributed by atoms with Crippen LogP contribution in [0.1, 0.15) is 26.6 Å². The number of nitrogens with zero attached hydrogens (tertiary/aromatic N) is 2. The predicted molar refractivity (Wildman–Crippen MR) is 127 cm³/mol. The Bertz CT molecular complexity index is 1410. The number of furan rings is 1. The minimum Gasteiger partial charge on any atom is -0.448 e. The first-order valence-corrected chi connectivity index (χ1v) is 11.0. The fourth-order valence-electron chi connectivity index (χ4n) is 3.26. The Balaban J connectivity index is 1.26. The van der Waals surface area contributed by atoms with Crippen molar-refractivity contribution < 1.29 is 14.0 Å². The molecule has 3 heterocycles. The van der Waals surface area contributed by atoms with Gasteiger partial charge in [0, 0.05) is 17.4 Å². The summed E-state index contributed by atoms with van der Waals surface area (Å²) >= 11 is 1.50. The third kappa shape index (κ3) is 4.65. The molecule has 5 rings (SSSR count). The summed E-state index contributed by atoms with van der Waals surface area (Å²) in [5, 5.41) is 6.31. The van der Waals surface area contributed by atoms with Crippen molar-refractivity contribution in [2.75, 3.05) is 5.32 Å². The monoisotopic (exact) mass is 454 g/mol. The number of thiazole rings is 1. The number of aromatic nitrogens is 2. The normalized spacial score (nSPS) is 10.8. The molecule has 3 aromatic heterocycles. The Morgan fingerprint density at radius 2 is 1.79 bits per heavy atom. The standard InChI is InChI=1S/C25H18N4O3S/c30-23(27-15-18-7-3-4-13-26-18)16-6-5-8-17(14-16)28-24(31)20-11-12-21(32-20)25-29-19-9-1-2-10-22(19)33-25/h1-14H,15H2,(H,27,30)(H,28,31). The first-order chi connectivity index (χ1) is 16.2. The van der Waals surface area contributed by atoms with Gasteiger partial charge in [0.15, 0.2) is 16.5 Å². The van der Waals surface area contributed by atoms with Crippen LogP contribution in [0.25, 0.3) is 21.0 Å². The summed E-state index contributed by atoms with van der Waals surface area (Å²) in [4.78, 5) is 33.9. The van der Waals surface area contributed by atoms with Crippen LogP contribution in [0.4, 0.5) is 5.69 Å². The molecule has 162 valence electrons. The van der Waals surface area contributed by atoms with Crippen LogP contribution >= 0.6 is 11.3 Å². The van der Waals surface area contributed by atoms with Gasteiger partial charge in [0.2, 0.25) is 0 Å². The Morgan fingerprint density at radius 1 is 0.909 bits per heavy atom. The molecule has 0 fully saturated rings. The van der Waals surface area contributed by atoms with E-state index in [2.05, 4.69) is 20.6 Å². The molecular formula is C25H18N4O3S. The number of hydrogen-bond acceptors (Lipinski definition) is 6. The number of fused-ring (bicyclic) bond motifs is 1. The maximum atomic E-state index is 12.7. The van der Waals surface area contributed by atoms with Gasteiger partial charge in [-0.1, -0.05) is 24.3 Å². The first kappa shape index (κ1) is 20.6. The van der Waals surface area contributed by atoms with E-state index in [9.17, 15) is 9.59 Å². The Morgan fingerprint density at radius 3 is 2.64 bits per heavy atom. The highest BCUT2D eigenvalue weighted by molar-refractivity contribution is 7.21. The second-order valence-corrected chi connectivity index (χ2v) is 8.22. The van der Waals surface area contributed by atoms with E-state index < -0.39 is 5.91 Å². The number of benzene rings is 2. The molecule has 0 saturated carbocycles. The first-order valence-electron chi connectivity index (χ1n) is 10.2. The molecule has 0 spiro atoms. The highest BCUT2D eigenvalue weighted by Gasteiger charge is 2.16. The van der Waals surface area contributed by atoms with Crippen LogP contribution in [0, 0.1) is 0 Å². The summed E-state index contributed by atoms with van der Waals surface area (Å²) in [5.41, 5.74) is 2.57. The third-order valence-electron chi connectivity index (χ3n) is 4.87. The lowest BCUT2D eigenvalue weighted by Crippen LogP contribution is -2.23. The van der Waals surface area contributed by atoms with E-state index in [-0.39, 0.29) is 11.7 Å². The van der Waals surface area contributed by atoms with E-state index in [0.717, 1.165) is 15.9 Å². The smallest absolute Gasteiger partial charge is 0.291 e. The van der Waals surface area contributed by atoms with Crippen molar-refractivity contribution in [1.82, 2.24) is 15.3 Å². The molecule has 2 aromatic carbocycles. The van der Waals surface area contributed by atoms with Gasteiger partial charge in [-0.15, -0.1) is 11.3 Å². The van der Waals surface area contributed by atoms with Crippen molar-refractivity contribution in [1.29, 1.82) is 0 Å². The van der Waals surface area contributed by atoms with E-state index in [4.69, 9.17) is 4.42 Å². The summed E-state index contributed by atoms with van der Waals surface area (Å²) < 4.78 is 6.80. The van der Waals surface area contributed by atoms with Crippen molar-refractivity contribution in [2.24, 2.45) is 0 Å². The zero-order valence-electron chi connectivity index (χ0n) is 17.3. The molecule has 2 amide bonds. The molecule has 0 saturated heterocycles. The molecule has 0 unspecified atom stereocenters. The molecule has 0 aliphatic carbocycles. The third-order valence-corrected chi connectivity index (χ3v) is 5.92. The van der Waals surface area contributed by atoms with E-state index in [1.807, 2.05) is 42.5 Å². The van der Waals surface area contributed by atoms with Crippen LogP contribution in [-0.4, -0.2) is 21.8 Å². The van der Waals surface area contributed by atoms with Crippen molar-refractivity contribution in [3.63, 3.8) is 0 Å². The van der Waals surface area contributed by atoms with Gasteiger partial charge < -0.3 is 15.1 Å². The molecule has 33 heavy (non-hydrogen) atoms. The lowest BCUT2D eigenvalue weighted by atomic mass is 10.2. The van der Waals surface area contributed by atoms with Gasteiger partial charge in [0.1, 0.15) is 0 Å². The maximum Gasteiger partial charge on any atom is 0.291 e. The van der Waals surface area contributed by atoms with Gasteiger partial charge in [-0.2, -0.15) is 0 Å². The molecule has 0 aliphatic heterocycles. The summed E-state index contributed by atoms with van der Waals surface area (Å²) in [5.74, 6) is 0.0274. The van der Waals surface area contributed by atoms with Crippen molar-refractivity contribution in [2.45, 2.75) is 6.54 Å². The van der Waals surface area contributed by atoms with E-state index in [0.29, 0.717) is 28.6 Å². The summed E-state index contributed by atoms with van der Waals surface area (Å²) in [6, 6.07) is 23.4. The Labute approximate surface area is 193 Å². The van der Waals surface area contributed by atoms with Crippen LogP contribution in [0.5, 0.6) is 0 Å². The quantitative estimate of drug-likeness (QED) is 0.371. The average molecular weight is 455 g/mol. The fourth-order valence-corrected chi connectivity index (χ4v) is 4.19. The lowest BCUT2D eigenvalue weighted by molar-refractivity contribution is 0.0948. The van der Waals surface area contributed by atoms with E-state index in [1.54, 1.807) is 42.6 Å². The topological polar surface area (TPSA) is 97.1 Å². The Hall–Kier alpha value is -4.30. The Kier molecular flexibility index (Phi) is 5.65. The van der Waals surface area contributed by atoms with Gasteiger partial charge in [-0.3, -0.25) is 14.6 Å². The van der Waals surface area contributed by atoms with Crippen LogP contribution in [-0.2, 0) is 6.54 Å². The maximum absolute atomic E-state index is 12.7. The second-order valence-electron chi connectivity index (χ2n) is 7.19. The van der Waals surface area contributed by atoms with Crippen LogP contribution < -0.4 is 10.6 Å². The minimum absolute atomic E-state index is 0.161. The number of pyridine rings is 1. The largest absolute Gasteiger partial charge is 0.448 e. The van der Waals surface area contributed by atoms with Gasteiger partial charge in [0.25, 0.3) is 11.8 Å². The number of para-hydroxylation sites is 1. The number of carbonyl (C=O) groups excluding carboxylic acids is 2. The molecule has 7 nitrogen and oxygen atoms in total. The van der Waals surface area contributed by atoms with Crippen LogP contribution in [0.15, 0.2) is 89.5 Å². The van der Waals surface area contributed by atoms with Crippen LogP contribution in [0.3, 0.4) is 0 Å². The van der Waals surface area contributed by atoms with Gasteiger partial charge in [-0.05, 0) is 54.6 Å². The molecule has 2 N–H and O–H groups in total. The van der Waals surface area contributed by atoms with Gasteiger partial charge >= 0.3 is 0 Å². The van der Waals surface area contributed by atoms with Crippen molar-refractivity contribution in [3.8, 4) is 10.8 Å². The zero-order valence-corrected chi connectivity index (χ0v) is 18.1. The van der Waals surface area contributed by atoms with Gasteiger partial charge in [-0.25, -0.2) is 4.98 Å². The SMILES string of the molecule is O=C(NCc1ccccn1)c1cccc(NC(=O)c2ccc(-c3nc4ccccc4s3)o2)c1. The number of carbonyl (C=O) groups is 2. The van der Waals surface area contributed by atoms with Crippen molar-refractivity contribution >= 4 is 39.1 Å². The number of rotatable bonds is 6. The van der Waals surface area contributed by atoms with Gasteiger partial charge in [0.05, 0.1) is 22.5 Å². The molecule has 0 aliphatic rings. The lowest BCUT2D eigenvalue weighted by Gasteiger charge is -2.07. The number of nitrogens with one attached hydrogen (secondary N) is 2. The minimum atomic E-state index is -0.409. The van der Waals surface area contributed by atoms with E-state index in [1.165, 1.54) is 11.3 Å². The average Bonchev–Trinajstić information content (AvgIpc) is 3.51. The zero-order chi connectivity index (χ0) is 22.6. The number of amides is 2. The number of hydrogen-bond donors (Lipinski definition) is 2. The van der Waals surface area contributed by atoms with Crippen molar-refractivity contribution in [3.05, 3.63) is 102 Å². The van der Waals surface area contributed by atoms with E-state index >= 15 is 0 Å². The predicted octanol–water partition coefficient (Wildman–Crippen LogP) is 5.13. The summed E-state index contributed by atoms with van der Waals surface area (Å²) in [6.45, 7) is 0.317. The highest BCUT2D eigenvalue weighted by atomic mass is 32.1. The molecule has 0 bridgehead atoms. The highest BCUT2D eigenvalue weighted by Crippen LogP contribution is 2.31. The number of anilines is 1. The summed E-state index contributed by atoms with van der Waals surface area (Å²) in [6.07, 6.45) is 1.68. The molecule has 8 heteroatoms. The summed E-state index contributed by atoms with van der Waals surface area (Å²) in [7, 11) is 0. The second kappa shape index (κ2) is 9.05. The van der Waals surface area contributed by atoms with Crippen LogP contribution in [0.2, 0.25) is 0 Å². The molecule has 0 radical (unpaired) electrons.